The van der Waals surface area contributed by atoms with Gasteiger partial charge < -0.3 is 9.47 Å². The van der Waals surface area contributed by atoms with Crippen molar-refractivity contribution in [1.82, 2.24) is 0 Å². The van der Waals surface area contributed by atoms with Gasteiger partial charge in [0.05, 0.1) is 0 Å². The van der Waals surface area contributed by atoms with Gasteiger partial charge in [-0.3, -0.25) is 0 Å². The third-order valence-electron chi connectivity index (χ3n) is 3.96. The van der Waals surface area contributed by atoms with Crippen LogP contribution in [0.5, 0.6) is 11.5 Å². The van der Waals surface area contributed by atoms with Gasteiger partial charge in [-0.05, 0) is 34.4 Å². The summed E-state index contributed by atoms with van der Waals surface area (Å²) in [6.45, 7) is 4.82. The van der Waals surface area contributed by atoms with Crippen LogP contribution in [0.2, 0.25) is 0 Å². The van der Waals surface area contributed by atoms with E-state index in [2.05, 4.69) is 46.8 Å². The summed E-state index contributed by atoms with van der Waals surface area (Å²) in [5, 5.41) is 0.750. The summed E-state index contributed by atoms with van der Waals surface area (Å²) in [4.78, 5) is 0. The van der Waals surface area contributed by atoms with Gasteiger partial charge in [0, 0.05) is 11.4 Å². The summed E-state index contributed by atoms with van der Waals surface area (Å²) < 4.78 is 11.9. The van der Waals surface area contributed by atoms with Crippen molar-refractivity contribution in [1.29, 1.82) is 0 Å². The van der Waals surface area contributed by atoms with Crippen LogP contribution in [-0.4, -0.2) is 0 Å². The molecular formula is C23H21BrO2. The predicted octanol–water partition coefficient (Wildman–Crippen LogP) is 6.38. The number of hydrogen-bond acceptors (Lipinski definition) is 2. The van der Waals surface area contributed by atoms with Gasteiger partial charge in [-0.15, -0.1) is 0 Å². The highest BCUT2D eigenvalue weighted by Gasteiger charge is 2.04. The first-order chi connectivity index (χ1) is 12.8. The summed E-state index contributed by atoms with van der Waals surface area (Å²) in [7, 11) is 0. The maximum Gasteiger partial charge on any atom is 0.123 e. The Kier molecular flexibility index (Phi) is 6.50. The number of alkyl halides is 1. The summed E-state index contributed by atoms with van der Waals surface area (Å²) >= 11 is 3.51. The monoisotopic (exact) mass is 408 g/mol. The molecule has 0 aliphatic heterocycles. The third-order valence-corrected chi connectivity index (χ3v) is 4.61. The minimum Gasteiger partial charge on any atom is -0.489 e. The van der Waals surface area contributed by atoms with Gasteiger partial charge in [-0.1, -0.05) is 83.2 Å². The van der Waals surface area contributed by atoms with E-state index in [1.54, 1.807) is 0 Å². The molecule has 0 saturated carbocycles. The molecule has 0 saturated heterocycles. The number of hydrogen-bond donors (Lipinski definition) is 0. The van der Waals surface area contributed by atoms with Crippen molar-refractivity contribution in [3.63, 3.8) is 0 Å². The standard InChI is InChI=1S/C23H21BrO2/c1-2-18-8-10-20(11-9-18)17-26-23-13-21(15-24)12-22(14-23)25-16-19-6-4-3-5-7-19/h2-14H,1,15-17H2. The molecule has 0 bridgehead atoms. The summed E-state index contributed by atoms with van der Waals surface area (Å²) in [5.74, 6) is 1.61. The Hall–Kier alpha value is -2.52. The molecule has 3 rings (SSSR count). The van der Waals surface area contributed by atoms with Gasteiger partial charge in [0.15, 0.2) is 0 Å². The van der Waals surface area contributed by atoms with Crippen LogP contribution in [0.3, 0.4) is 0 Å². The van der Waals surface area contributed by atoms with E-state index in [0.717, 1.165) is 39.1 Å². The van der Waals surface area contributed by atoms with Crippen molar-refractivity contribution in [3.05, 3.63) is 102 Å². The summed E-state index contributed by atoms with van der Waals surface area (Å²) in [5.41, 5.74) is 4.48. The van der Waals surface area contributed by atoms with Crippen LogP contribution in [-0.2, 0) is 18.5 Å². The largest absolute Gasteiger partial charge is 0.489 e. The Labute approximate surface area is 163 Å². The Morgan fingerprint density at radius 1 is 0.731 bits per heavy atom. The molecule has 0 aromatic heterocycles. The van der Waals surface area contributed by atoms with Crippen molar-refractivity contribution >= 4 is 22.0 Å². The van der Waals surface area contributed by atoms with Crippen LogP contribution in [0.15, 0.2) is 79.4 Å². The predicted molar refractivity (Wildman–Crippen MR) is 111 cm³/mol. The first-order valence-corrected chi connectivity index (χ1v) is 9.60. The minimum atomic E-state index is 0.515. The van der Waals surface area contributed by atoms with Gasteiger partial charge in [0.25, 0.3) is 0 Å². The molecule has 2 nitrogen and oxygen atoms in total. The van der Waals surface area contributed by atoms with Crippen molar-refractivity contribution in [2.75, 3.05) is 0 Å². The van der Waals surface area contributed by atoms with Crippen LogP contribution in [0.1, 0.15) is 22.3 Å². The second kappa shape index (κ2) is 9.25. The van der Waals surface area contributed by atoms with Gasteiger partial charge >= 0.3 is 0 Å². The minimum absolute atomic E-state index is 0.515. The first kappa shape index (κ1) is 18.3. The molecule has 0 unspecified atom stereocenters. The molecule has 132 valence electrons. The van der Waals surface area contributed by atoms with E-state index < -0.39 is 0 Å². The normalized spacial score (nSPS) is 10.3. The molecule has 3 aromatic rings. The average molecular weight is 409 g/mol. The van der Waals surface area contributed by atoms with E-state index in [1.165, 1.54) is 0 Å². The van der Waals surface area contributed by atoms with Crippen molar-refractivity contribution in [2.24, 2.45) is 0 Å². The van der Waals surface area contributed by atoms with Gasteiger partial charge in [0.2, 0.25) is 0 Å². The molecule has 0 fully saturated rings. The lowest BCUT2D eigenvalue weighted by Crippen LogP contribution is -1.99. The first-order valence-electron chi connectivity index (χ1n) is 8.47. The molecule has 0 radical (unpaired) electrons. The van der Waals surface area contributed by atoms with Gasteiger partial charge in [0.1, 0.15) is 24.7 Å². The van der Waals surface area contributed by atoms with Crippen molar-refractivity contribution < 1.29 is 9.47 Å². The maximum absolute atomic E-state index is 5.97. The van der Waals surface area contributed by atoms with Crippen LogP contribution in [0, 0.1) is 0 Å². The zero-order valence-electron chi connectivity index (χ0n) is 14.5. The SMILES string of the molecule is C=Cc1ccc(COc2cc(CBr)cc(OCc3ccccc3)c2)cc1. The zero-order valence-corrected chi connectivity index (χ0v) is 16.1. The molecule has 3 heteroatoms. The zero-order chi connectivity index (χ0) is 18.2. The summed E-state index contributed by atoms with van der Waals surface area (Å²) in [6, 6.07) is 24.3. The molecule has 26 heavy (non-hydrogen) atoms. The molecule has 0 atom stereocenters. The fourth-order valence-corrected chi connectivity index (χ4v) is 2.86. The van der Waals surface area contributed by atoms with Gasteiger partial charge in [-0.2, -0.15) is 0 Å². The molecule has 0 amide bonds. The van der Waals surface area contributed by atoms with Crippen LogP contribution in [0.4, 0.5) is 0 Å². The van der Waals surface area contributed by atoms with E-state index in [1.807, 2.05) is 54.6 Å². The summed E-state index contributed by atoms with van der Waals surface area (Å²) in [6.07, 6.45) is 1.83. The highest BCUT2D eigenvalue weighted by Crippen LogP contribution is 2.26. The van der Waals surface area contributed by atoms with Crippen molar-refractivity contribution in [3.8, 4) is 11.5 Å². The molecule has 0 N–H and O–H groups in total. The Balaban J connectivity index is 1.67. The number of rotatable bonds is 8. The fourth-order valence-electron chi connectivity index (χ4n) is 2.53. The second-order valence-electron chi connectivity index (χ2n) is 5.95. The lowest BCUT2D eigenvalue weighted by atomic mass is 10.1. The van der Waals surface area contributed by atoms with E-state index in [4.69, 9.17) is 9.47 Å². The van der Waals surface area contributed by atoms with E-state index in [0.29, 0.717) is 13.2 Å². The Morgan fingerprint density at radius 2 is 1.31 bits per heavy atom. The van der Waals surface area contributed by atoms with Crippen LogP contribution < -0.4 is 9.47 Å². The average Bonchev–Trinajstić information content (AvgIpc) is 2.71. The Morgan fingerprint density at radius 3 is 1.85 bits per heavy atom. The smallest absolute Gasteiger partial charge is 0.123 e. The lowest BCUT2D eigenvalue weighted by Gasteiger charge is -2.12. The topological polar surface area (TPSA) is 18.5 Å². The van der Waals surface area contributed by atoms with E-state index >= 15 is 0 Å². The third kappa shape index (κ3) is 5.24. The molecule has 3 aromatic carbocycles. The number of ether oxygens (including phenoxy) is 2. The lowest BCUT2D eigenvalue weighted by molar-refractivity contribution is 0.289. The number of halogens is 1. The van der Waals surface area contributed by atoms with Crippen LogP contribution >= 0.6 is 15.9 Å². The molecule has 0 aliphatic carbocycles. The quantitative estimate of drug-likeness (QED) is 0.402. The number of benzene rings is 3. The van der Waals surface area contributed by atoms with Gasteiger partial charge in [-0.25, -0.2) is 0 Å². The maximum atomic E-state index is 5.97. The highest BCUT2D eigenvalue weighted by molar-refractivity contribution is 9.08. The molecule has 0 heterocycles. The molecule has 0 spiro atoms. The highest BCUT2D eigenvalue weighted by atomic mass is 79.9. The van der Waals surface area contributed by atoms with E-state index in [9.17, 15) is 0 Å². The Bertz CT molecular complexity index is 842. The second-order valence-corrected chi connectivity index (χ2v) is 6.52. The van der Waals surface area contributed by atoms with Crippen molar-refractivity contribution in [2.45, 2.75) is 18.5 Å². The molecule has 0 aliphatic rings. The molecular weight excluding hydrogens is 388 g/mol. The van der Waals surface area contributed by atoms with Crippen LogP contribution in [0.25, 0.3) is 6.08 Å². The fraction of sp³-hybridized carbons (Fsp3) is 0.130. The van der Waals surface area contributed by atoms with E-state index in [-0.39, 0.29) is 0 Å².